The number of hydrogen-bond acceptors (Lipinski definition) is 4. The highest BCUT2D eigenvalue weighted by atomic mass is 35.5. The predicted octanol–water partition coefficient (Wildman–Crippen LogP) is 2.91. The summed E-state index contributed by atoms with van der Waals surface area (Å²) >= 11 is 7.43. The highest BCUT2D eigenvalue weighted by molar-refractivity contribution is 7.09. The van der Waals surface area contributed by atoms with Crippen LogP contribution >= 0.6 is 22.9 Å². The second-order valence-electron chi connectivity index (χ2n) is 4.39. The number of alkyl halides is 1. The minimum absolute atomic E-state index is 0.256. The van der Waals surface area contributed by atoms with Gasteiger partial charge in [-0.2, -0.15) is 0 Å². The average molecular weight is 291 g/mol. The minimum Gasteiger partial charge on any atom is -0.395 e. The lowest BCUT2D eigenvalue weighted by molar-refractivity contribution is 0.193. The molecular formula is C13H23ClN2OS. The van der Waals surface area contributed by atoms with Crippen molar-refractivity contribution in [2.75, 3.05) is 26.2 Å². The second-order valence-corrected chi connectivity index (χ2v) is 5.60. The molecule has 1 aromatic rings. The molecule has 0 aliphatic carbocycles. The van der Waals surface area contributed by atoms with Crippen molar-refractivity contribution in [2.24, 2.45) is 0 Å². The summed E-state index contributed by atoms with van der Waals surface area (Å²) in [5, 5.41) is 12.2. The molecule has 0 bridgehead atoms. The van der Waals surface area contributed by atoms with Crippen LogP contribution in [0.4, 0.5) is 0 Å². The SMILES string of the molecule is CCCN(CCO)CCCCc1nc(CCl)cs1. The average Bonchev–Trinajstić information content (AvgIpc) is 2.83. The van der Waals surface area contributed by atoms with E-state index < -0.39 is 0 Å². The molecule has 0 spiro atoms. The molecular weight excluding hydrogens is 268 g/mol. The monoisotopic (exact) mass is 290 g/mol. The molecule has 0 unspecified atom stereocenters. The van der Waals surface area contributed by atoms with E-state index in [2.05, 4.69) is 16.8 Å². The summed E-state index contributed by atoms with van der Waals surface area (Å²) in [5.74, 6) is 0.511. The molecule has 0 atom stereocenters. The van der Waals surface area contributed by atoms with Gasteiger partial charge in [-0.3, -0.25) is 0 Å². The van der Waals surface area contributed by atoms with Gasteiger partial charge in [0.25, 0.3) is 0 Å². The van der Waals surface area contributed by atoms with E-state index in [4.69, 9.17) is 16.7 Å². The van der Waals surface area contributed by atoms with Crippen molar-refractivity contribution in [3.05, 3.63) is 16.1 Å². The molecule has 1 rings (SSSR count). The highest BCUT2D eigenvalue weighted by Gasteiger charge is 2.04. The Kier molecular flexibility index (Phi) is 8.59. The van der Waals surface area contributed by atoms with Crippen LogP contribution in [0.2, 0.25) is 0 Å². The summed E-state index contributed by atoms with van der Waals surface area (Å²) in [6, 6.07) is 0. The highest BCUT2D eigenvalue weighted by Crippen LogP contribution is 2.14. The molecule has 5 heteroatoms. The van der Waals surface area contributed by atoms with Crippen molar-refractivity contribution in [3.8, 4) is 0 Å². The number of rotatable bonds is 10. The van der Waals surface area contributed by atoms with Crippen molar-refractivity contribution < 1.29 is 5.11 Å². The Morgan fingerprint density at radius 1 is 1.33 bits per heavy atom. The zero-order chi connectivity index (χ0) is 13.2. The third-order valence-corrected chi connectivity index (χ3v) is 4.04. The van der Waals surface area contributed by atoms with Crippen LogP contribution in [0.5, 0.6) is 0 Å². The fraction of sp³-hybridized carbons (Fsp3) is 0.769. The van der Waals surface area contributed by atoms with E-state index in [1.807, 2.05) is 5.38 Å². The Bertz CT molecular complexity index is 314. The number of unbranched alkanes of at least 4 members (excludes halogenated alkanes) is 1. The van der Waals surface area contributed by atoms with Crippen LogP contribution in [0.1, 0.15) is 36.9 Å². The molecule has 3 nitrogen and oxygen atoms in total. The maximum atomic E-state index is 8.97. The van der Waals surface area contributed by atoms with Crippen LogP contribution in [0, 0.1) is 0 Å². The smallest absolute Gasteiger partial charge is 0.0928 e. The Morgan fingerprint density at radius 3 is 2.78 bits per heavy atom. The van der Waals surface area contributed by atoms with Gasteiger partial charge in [-0.25, -0.2) is 4.98 Å². The summed E-state index contributed by atoms with van der Waals surface area (Å²) in [6.07, 6.45) is 4.50. The molecule has 1 aromatic heterocycles. The molecule has 0 amide bonds. The van der Waals surface area contributed by atoms with Gasteiger partial charge < -0.3 is 10.0 Å². The van der Waals surface area contributed by atoms with Gasteiger partial charge in [0.2, 0.25) is 0 Å². The number of aliphatic hydroxyl groups is 1. The molecule has 0 saturated carbocycles. The van der Waals surface area contributed by atoms with E-state index in [0.29, 0.717) is 5.88 Å². The molecule has 0 aromatic carbocycles. The van der Waals surface area contributed by atoms with E-state index in [0.717, 1.165) is 51.0 Å². The first-order chi connectivity index (χ1) is 8.80. The summed E-state index contributed by atoms with van der Waals surface area (Å²) in [4.78, 5) is 6.78. The van der Waals surface area contributed by atoms with Crippen LogP contribution in [0.25, 0.3) is 0 Å². The maximum absolute atomic E-state index is 8.97. The fourth-order valence-electron chi connectivity index (χ4n) is 1.93. The lowest BCUT2D eigenvalue weighted by Crippen LogP contribution is -2.28. The summed E-state index contributed by atoms with van der Waals surface area (Å²) < 4.78 is 0. The van der Waals surface area contributed by atoms with Crippen molar-refractivity contribution in [3.63, 3.8) is 0 Å². The van der Waals surface area contributed by atoms with Gasteiger partial charge in [-0.05, 0) is 38.8 Å². The van der Waals surface area contributed by atoms with Gasteiger partial charge in [-0.15, -0.1) is 22.9 Å². The molecule has 104 valence electrons. The molecule has 1 heterocycles. The molecule has 0 radical (unpaired) electrons. The number of aromatic nitrogens is 1. The lowest BCUT2D eigenvalue weighted by Gasteiger charge is -2.20. The standard InChI is InChI=1S/C13H23ClN2OS/c1-2-6-16(8-9-17)7-4-3-5-13-15-12(10-14)11-18-13/h11,17H,2-10H2,1H3. The number of halogens is 1. The van der Waals surface area contributed by atoms with Crippen molar-refractivity contribution in [2.45, 2.75) is 38.5 Å². The first-order valence-corrected chi connectivity index (χ1v) is 8.04. The second kappa shape index (κ2) is 9.73. The maximum Gasteiger partial charge on any atom is 0.0928 e. The van der Waals surface area contributed by atoms with Gasteiger partial charge in [-0.1, -0.05) is 6.92 Å². The fourth-order valence-corrected chi connectivity index (χ4v) is 3.00. The molecule has 0 fully saturated rings. The summed E-state index contributed by atoms with van der Waals surface area (Å²) in [7, 11) is 0. The molecule has 1 N–H and O–H groups in total. The quantitative estimate of drug-likeness (QED) is 0.532. The Hall–Kier alpha value is -0.160. The van der Waals surface area contributed by atoms with Crippen molar-refractivity contribution in [1.82, 2.24) is 9.88 Å². The minimum atomic E-state index is 0.256. The Balaban J connectivity index is 2.16. The van der Waals surface area contributed by atoms with E-state index in [-0.39, 0.29) is 6.61 Å². The van der Waals surface area contributed by atoms with E-state index >= 15 is 0 Å². The topological polar surface area (TPSA) is 36.4 Å². The summed E-state index contributed by atoms with van der Waals surface area (Å²) in [5.41, 5.74) is 0.990. The molecule has 18 heavy (non-hydrogen) atoms. The molecule has 0 saturated heterocycles. The first kappa shape index (κ1) is 15.9. The van der Waals surface area contributed by atoms with Gasteiger partial charge in [0, 0.05) is 11.9 Å². The van der Waals surface area contributed by atoms with E-state index in [9.17, 15) is 0 Å². The van der Waals surface area contributed by atoms with Crippen LogP contribution in [0.3, 0.4) is 0 Å². The normalized spacial score (nSPS) is 11.3. The van der Waals surface area contributed by atoms with Gasteiger partial charge >= 0.3 is 0 Å². The zero-order valence-corrected chi connectivity index (χ0v) is 12.6. The van der Waals surface area contributed by atoms with Gasteiger partial charge in [0.15, 0.2) is 0 Å². The Labute approximate surface area is 119 Å². The zero-order valence-electron chi connectivity index (χ0n) is 11.1. The number of nitrogens with zero attached hydrogens (tertiary/aromatic N) is 2. The third kappa shape index (κ3) is 6.14. The van der Waals surface area contributed by atoms with Gasteiger partial charge in [0.05, 0.1) is 23.2 Å². The van der Waals surface area contributed by atoms with Crippen LogP contribution < -0.4 is 0 Å². The van der Waals surface area contributed by atoms with Gasteiger partial charge in [0.1, 0.15) is 0 Å². The number of thiazole rings is 1. The van der Waals surface area contributed by atoms with Crippen LogP contribution in [-0.2, 0) is 12.3 Å². The number of hydrogen-bond donors (Lipinski definition) is 1. The number of aryl methyl sites for hydroxylation is 1. The first-order valence-electron chi connectivity index (χ1n) is 6.62. The van der Waals surface area contributed by atoms with Crippen LogP contribution in [0.15, 0.2) is 5.38 Å². The Morgan fingerprint density at radius 2 is 2.17 bits per heavy atom. The van der Waals surface area contributed by atoms with E-state index in [1.165, 1.54) is 5.01 Å². The largest absolute Gasteiger partial charge is 0.395 e. The number of aliphatic hydroxyl groups excluding tert-OH is 1. The van der Waals surface area contributed by atoms with Crippen molar-refractivity contribution >= 4 is 22.9 Å². The third-order valence-electron chi connectivity index (χ3n) is 2.81. The lowest BCUT2D eigenvalue weighted by atomic mass is 10.2. The molecule has 0 aliphatic heterocycles. The predicted molar refractivity (Wildman–Crippen MR) is 78.4 cm³/mol. The molecule has 0 aliphatic rings. The summed E-state index contributed by atoms with van der Waals surface area (Å²) in [6.45, 7) is 5.37. The van der Waals surface area contributed by atoms with Crippen molar-refractivity contribution in [1.29, 1.82) is 0 Å². The van der Waals surface area contributed by atoms with Crippen LogP contribution in [-0.4, -0.2) is 41.2 Å². The van der Waals surface area contributed by atoms with E-state index in [1.54, 1.807) is 11.3 Å².